The Balaban J connectivity index is 2.16. The standard InChI is InChI=1S/C17H15FO2/c1-2-4-15-9-13(11-19)7-8-17(15)20-12-14-5-3-6-16(18)10-14/h2-3,5-11H,1,4,12H2. The molecule has 2 rings (SSSR count). The van der Waals surface area contributed by atoms with Crippen molar-refractivity contribution in [2.24, 2.45) is 0 Å². The summed E-state index contributed by atoms with van der Waals surface area (Å²) in [4.78, 5) is 10.8. The Morgan fingerprint density at radius 2 is 2.05 bits per heavy atom. The van der Waals surface area contributed by atoms with Gasteiger partial charge in [0.1, 0.15) is 24.5 Å². The third-order valence-electron chi connectivity index (χ3n) is 2.87. The summed E-state index contributed by atoms with van der Waals surface area (Å²) in [6, 6.07) is 11.5. The monoisotopic (exact) mass is 270 g/mol. The molecule has 0 bridgehead atoms. The van der Waals surface area contributed by atoms with Crippen molar-refractivity contribution in [1.82, 2.24) is 0 Å². The van der Waals surface area contributed by atoms with Gasteiger partial charge in [-0.15, -0.1) is 6.58 Å². The van der Waals surface area contributed by atoms with Gasteiger partial charge in [-0.05, 0) is 47.9 Å². The van der Waals surface area contributed by atoms with Gasteiger partial charge < -0.3 is 4.74 Å². The number of carbonyl (C=O) groups is 1. The number of ether oxygens (including phenoxy) is 1. The lowest BCUT2D eigenvalue weighted by atomic mass is 10.1. The van der Waals surface area contributed by atoms with Crippen LogP contribution < -0.4 is 4.74 Å². The fraction of sp³-hybridized carbons (Fsp3) is 0.118. The quantitative estimate of drug-likeness (QED) is 0.587. The Morgan fingerprint density at radius 3 is 2.75 bits per heavy atom. The van der Waals surface area contributed by atoms with E-state index >= 15 is 0 Å². The van der Waals surface area contributed by atoms with Crippen LogP contribution in [0.3, 0.4) is 0 Å². The highest BCUT2D eigenvalue weighted by atomic mass is 19.1. The molecule has 0 spiro atoms. The number of hydrogen-bond donors (Lipinski definition) is 0. The lowest BCUT2D eigenvalue weighted by molar-refractivity contribution is 0.112. The molecular formula is C17H15FO2. The smallest absolute Gasteiger partial charge is 0.150 e. The van der Waals surface area contributed by atoms with Crippen LogP contribution in [0, 0.1) is 5.82 Å². The summed E-state index contributed by atoms with van der Waals surface area (Å²) in [6.07, 6.45) is 3.15. The second kappa shape index (κ2) is 6.66. The molecule has 0 aromatic heterocycles. The van der Waals surface area contributed by atoms with Crippen molar-refractivity contribution < 1.29 is 13.9 Å². The summed E-state index contributed by atoms with van der Waals surface area (Å²) in [6.45, 7) is 3.97. The number of halogens is 1. The maximum absolute atomic E-state index is 13.1. The van der Waals surface area contributed by atoms with Gasteiger partial charge in [-0.2, -0.15) is 0 Å². The fourth-order valence-electron chi connectivity index (χ4n) is 1.92. The van der Waals surface area contributed by atoms with E-state index in [-0.39, 0.29) is 12.4 Å². The molecule has 0 heterocycles. The highest BCUT2D eigenvalue weighted by molar-refractivity contribution is 5.75. The Hall–Kier alpha value is -2.42. The minimum Gasteiger partial charge on any atom is -0.489 e. The molecule has 2 aromatic rings. The molecule has 0 N–H and O–H groups in total. The molecule has 0 unspecified atom stereocenters. The van der Waals surface area contributed by atoms with Crippen molar-refractivity contribution in [2.75, 3.05) is 0 Å². The number of rotatable bonds is 6. The second-order valence-corrected chi connectivity index (χ2v) is 4.40. The van der Waals surface area contributed by atoms with Crippen LogP contribution in [0.15, 0.2) is 55.1 Å². The maximum Gasteiger partial charge on any atom is 0.150 e. The zero-order valence-corrected chi connectivity index (χ0v) is 11.0. The Bertz CT molecular complexity index is 620. The minimum atomic E-state index is -0.284. The highest BCUT2D eigenvalue weighted by Gasteiger charge is 2.05. The average molecular weight is 270 g/mol. The Morgan fingerprint density at radius 1 is 1.20 bits per heavy atom. The second-order valence-electron chi connectivity index (χ2n) is 4.40. The average Bonchev–Trinajstić information content (AvgIpc) is 2.46. The van der Waals surface area contributed by atoms with Gasteiger partial charge in [0.05, 0.1) is 0 Å². The normalized spacial score (nSPS) is 10.1. The van der Waals surface area contributed by atoms with Crippen LogP contribution in [0.4, 0.5) is 4.39 Å². The zero-order valence-electron chi connectivity index (χ0n) is 11.0. The van der Waals surface area contributed by atoms with E-state index < -0.39 is 0 Å². The van der Waals surface area contributed by atoms with E-state index in [1.807, 2.05) is 0 Å². The van der Waals surface area contributed by atoms with E-state index in [0.29, 0.717) is 17.7 Å². The lowest BCUT2D eigenvalue weighted by Crippen LogP contribution is -1.99. The molecule has 0 aliphatic carbocycles. The first-order chi connectivity index (χ1) is 9.72. The van der Waals surface area contributed by atoms with Crippen LogP contribution in [-0.2, 0) is 13.0 Å². The lowest BCUT2D eigenvalue weighted by Gasteiger charge is -2.11. The summed E-state index contributed by atoms with van der Waals surface area (Å²) in [5, 5.41) is 0. The molecule has 0 aliphatic rings. The topological polar surface area (TPSA) is 26.3 Å². The molecule has 2 nitrogen and oxygen atoms in total. The van der Waals surface area contributed by atoms with Crippen molar-refractivity contribution in [3.05, 3.63) is 77.6 Å². The van der Waals surface area contributed by atoms with Gasteiger partial charge in [0.25, 0.3) is 0 Å². The molecule has 2 aromatic carbocycles. The van der Waals surface area contributed by atoms with Crippen LogP contribution in [-0.4, -0.2) is 6.29 Å². The maximum atomic E-state index is 13.1. The number of carbonyl (C=O) groups excluding carboxylic acids is 1. The minimum absolute atomic E-state index is 0.280. The predicted molar refractivity (Wildman–Crippen MR) is 76.5 cm³/mol. The third kappa shape index (κ3) is 3.54. The summed E-state index contributed by atoms with van der Waals surface area (Å²) in [7, 11) is 0. The van der Waals surface area contributed by atoms with E-state index in [4.69, 9.17) is 4.74 Å². The van der Waals surface area contributed by atoms with Crippen LogP contribution in [0.5, 0.6) is 5.75 Å². The van der Waals surface area contributed by atoms with Gasteiger partial charge in [0.2, 0.25) is 0 Å². The first kappa shape index (κ1) is 14.0. The number of benzene rings is 2. The van der Waals surface area contributed by atoms with E-state index in [1.165, 1.54) is 12.1 Å². The number of allylic oxidation sites excluding steroid dienone is 1. The van der Waals surface area contributed by atoms with Gasteiger partial charge in [-0.25, -0.2) is 4.39 Å². The molecule has 20 heavy (non-hydrogen) atoms. The van der Waals surface area contributed by atoms with Crippen LogP contribution in [0.2, 0.25) is 0 Å². The van der Waals surface area contributed by atoms with E-state index in [9.17, 15) is 9.18 Å². The van der Waals surface area contributed by atoms with E-state index in [2.05, 4.69) is 6.58 Å². The molecule has 0 radical (unpaired) electrons. The van der Waals surface area contributed by atoms with E-state index in [0.717, 1.165) is 17.4 Å². The van der Waals surface area contributed by atoms with Crippen LogP contribution >= 0.6 is 0 Å². The Labute approximate surface area is 117 Å². The molecule has 0 amide bonds. The summed E-state index contributed by atoms with van der Waals surface area (Å²) >= 11 is 0. The third-order valence-corrected chi connectivity index (χ3v) is 2.87. The molecule has 0 aliphatic heterocycles. The van der Waals surface area contributed by atoms with Gasteiger partial charge in [0, 0.05) is 5.56 Å². The molecular weight excluding hydrogens is 255 g/mol. The van der Waals surface area contributed by atoms with Crippen molar-refractivity contribution in [3.63, 3.8) is 0 Å². The fourth-order valence-corrected chi connectivity index (χ4v) is 1.92. The molecule has 102 valence electrons. The molecule has 0 saturated carbocycles. The zero-order chi connectivity index (χ0) is 14.4. The van der Waals surface area contributed by atoms with Gasteiger partial charge >= 0.3 is 0 Å². The van der Waals surface area contributed by atoms with Crippen molar-refractivity contribution in [1.29, 1.82) is 0 Å². The summed E-state index contributed by atoms with van der Waals surface area (Å²) in [5.41, 5.74) is 2.25. The molecule has 0 atom stereocenters. The van der Waals surface area contributed by atoms with Crippen LogP contribution in [0.25, 0.3) is 0 Å². The first-order valence-electron chi connectivity index (χ1n) is 6.29. The predicted octanol–water partition coefficient (Wildman–Crippen LogP) is 3.95. The molecule has 0 fully saturated rings. The molecule has 3 heteroatoms. The molecule has 0 saturated heterocycles. The SMILES string of the molecule is C=CCc1cc(C=O)ccc1OCc1cccc(F)c1. The van der Waals surface area contributed by atoms with Gasteiger partial charge in [-0.1, -0.05) is 18.2 Å². The largest absolute Gasteiger partial charge is 0.489 e. The van der Waals surface area contributed by atoms with Crippen molar-refractivity contribution in [2.45, 2.75) is 13.0 Å². The number of hydrogen-bond acceptors (Lipinski definition) is 2. The van der Waals surface area contributed by atoms with Gasteiger partial charge in [-0.3, -0.25) is 4.79 Å². The summed E-state index contributed by atoms with van der Waals surface area (Å²) < 4.78 is 18.8. The first-order valence-corrected chi connectivity index (χ1v) is 6.29. The van der Waals surface area contributed by atoms with Gasteiger partial charge in [0.15, 0.2) is 0 Å². The number of aldehydes is 1. The van der Waals surface area contributed by atoms with Crippen molar-refractivity contribution >= 4 is 6.29 Å². The highest BCUT2D eigenvalue weighted by Crippen LogP contribution is 2.22. The van der Waals surface area contributed by atoms with Crippen molar-refractivity contribution in [3.8, 4) is 5.75 Å². The Kier molecular flexibility index (Phi) is 4.66. The van der Waals surface area contributed by atoms with Crippen LogP contribution in [0.1, 0.15) is 21.5 Å². The summed E-state index contributed by atoms with van der Waals surface area (Å²) in [5.74, 6) is 0.397. The van der Waals surface area contributed by atoms with E-state index in [1.54, 1.807) is 36.4 Å².